The van der Waals surface area contributed by atoms with Crippen molar-refractivity contribution in [1.82, 2.24) is 25.1 Å². The maximum absolute atomic E-state index is 12.3. The van der Waals surface area contributed by atoms with E-state index >= 15 is 0 Å². The van der Waals surface area contributed by atoms with Crippen LogP contribution in [0.1, 0.15) is 18.4 Å². The smallest absolute Gasteiger partial charge is 0.246 e. The first kappa shape index (κ1) is 15.6. The van der Waals surface area contributed by atoms with Gasteiger partial charge in [0, 0.05) is 25.3 Å². The molecule has 23 heavy (non-hydrogen) atoms. The largest absolute Gasteiger partial charge is 0.396 e. The predicted octanol–water partition coefficient (Wildman–Crippen LogP) is 0.879. The lowest BCUT2D eigenvalue weighted by atomic mass is 9.98. The molecule has 0 atom stereocenters. The third-order valence-electron chi connectivity index (χ3n) is 4.26. The van der Waals surface area contributed by atoms with Crippen molar-refractivity contribution in [2.75, 3.05) is 19.7 Å². The molecule has 1 N–H and O–H groups in total. The van der Waals surface area contributed by atoms with Gasteiger partial charge in [-0.25, -0.2) is 0 Å². The number of carbonyl (C=O) groups is 1. The Balaban J connectivity index is 1.60. The first-order valence-electron chi connectivity index (χ1n) is 7.89. The van der Waals surface area contributed by atoms with Crippen LogP contribution >= 0.6 is 0 Å². The van der Waals surface area contributed by atoms with Gasteiger partial charge in [-0.1, -0.05) is 29.8 Å². The van der Waals surface area contributed by atoms with Crippen molar-refractivity contribution in [3.8, 4) is 11.4 Å². The Morgan fingerprint density at radius 2 is 1.96 bits per heavy atom. The number of likely N-dealkylation sites (tertiary alicyclic amines) is 1. The molecule has 0 saturated carbocycles. The van der Waals surface area contributed by atoms with Crippen LogP contribution in [0.25, 0.3) is 11.4 Å². The molecular formula is C16H21N5O2. The molecule has 7 heteroatoms. The van der Waals surface area contributed by atoms with Crippen molar-refractivity contribution in [3.63, 3.8) is 0 Å². The minimum atomic E-state index is -0.00533. The van der Waals surface area contributed by atoms with E-state index in [1.165, 1.54) is 10.4 Å². The molecule has 1 aromatic carbocycles. The third-order valence-corrected chi connectivity index (χ3v) is 4.26. The Hall–Kier alpha value is -2.28. The van der Waals surface area contributed by atoms with Crippen LogP contribution in [0, 0.1) is 12.8 Å². The molecular weight excluding hydrogens is 294 g/mol. The molecule has 0 aliphatic carbocycles. The molecule has 0 spiro atoms. The Labute approximate surface area is 134 Å². The summed E-state index contributed by atoms with van der Waals surface area (Å²) >= 11 is 0. The van der Waals surface area contributed by atoms with Gasteiger partial charge in [-0.3, -0.25) is 4.79 Å². The van der Waals surface area contributed by atoms with Crippen molar-refractivity contribution in [2.24, 2.45) is 5.92 Å². The maximum Gasteiger partial charge on any atom is 0.246 e. The number of hydrogen-bond donors (Lipinski definition) is 1. The van der Waals surface area contributed by atoms with Gasteiger partial charge in [0.05, 0.1) is 0 Å². The number of carbonyl (C=O) groups excluding carboxylic acids is 1. The highest BCUT2D eigenvalue weighted by molar-refractivity contribution is 5.75. The van der Waals surface area contributed by atoms with E-state index in [0.29, 0.717) is 24.8 Å². The van der Waals surface area contributed by atoms with Crippen LogP contribution in [-0.4, -0.2) is 55.8 Å². The van der Waals surface area contributed by atoms with Crippen molar-refractivity contribution in [3.05, 3.63) is 29.8 Å². The lowest BCUT2D eigenvalue weighted by Crippen LogP contribution is -2.41. The normalized spacial score (nSPS) is 15.8. The number of piperidine rings is 1. The van der Waals surface area contributed by atoms with Gasteiger partial charge >= 0.3 is 0 Å². The molecule has 1 aliphatic rings. The number of hydrogen-bond acceptors (Lipinski definition) is 5. The van der Waals surface area contributed by atoms with Crippen LogP contribution in [0.3, 0.4) is 0 Å². The summed E-state index contributed by atoms with van der Waals surface area (Å²) in [6.07, 6.45) is 1.70. The minimum Gasteiger partial charge on any atom is -0.396 e. The summed E-state index contributed by atoms with van der Waals surface area (Å²) < 4.78 is 0. The molecule has 1 saturated heterocycles. The van der Waals surface area contributed by atoms with Crippen LogP contribution in [0.2, 0.25) is 0 Å². The van der Waals surface area contributed by atoms with Gasteiger partial charge < -0.3 is 10.0 Å². The van der Waals surface area contributed by atoms with Crippen LogP contribution in [0.4, 0.5) is 0 Å². The molecule has 3 rings (SSSR count). The highest BCUT2D eigenvalue weighted by Crippen LogP contribution is 2.17. The molecule has 2 heterocycles. The van der Waals surface area contributed by atoms with E-state index in [1.807, 2.05) is 31.2 Å². The summed E-state index contributed by atoms with van der Waals surface area (Å²) in [6.45, 7) is 3.69. The SMILES string of the molecule is Cc1ccc(-c2nnn(CC(=O)N3CCC(CO)CC3)n2)cc1. The Kier molecular flexibility index (Phi) is 4.66. The summed E-state index contributed by atoms with van der Waals surface area (Å²) in [5, 5.41) is 21.4. The summed E-state index contributed by atoms with van der Waals surface area (Å²) in [5.41, 5.74) is 2.06. The number of rotatable bonds is 4. The Morgan fingerprint density at radius 1 is 1.26 bits per heavy atom. The van der Waals surface area contributed by atoms with E-state index in [0.717, 1.165) is 18.4 Å². The van der Waals surface area contributed by atoms with Gasteiger partial charge in [0.15, 0.2) is 0 Å². The van der Waals surface area contributed by atoms with E-state index in [2.05, 4.69) is 15.4 Å². The number of amides is 1. The monoisotopic (exact) mass is 315 g/mol. The fraction of sp³-hybridized carbons (Fsp3) is 0.500. The molecule has 0 unspecified atom stereocenters. The van der Waals surface area contributed by atoms with E-state index in [4.69, 9.17) is 5.11 Å². The first-order chi connectivity index (χ1) is 11.2. The molecule has 1 fully saturated rings. The van der Waals surface area contributed by atoms with Gasteiger partial charge in [0.25, 0.3) is 0 Å². The number of nitrogens with zero attached hydrogens (tertiary/aromatic N) is 5. The number of tetrazole rings is 1. The van der Waals surface area contributed by atoms with Crippen LogP contribution in [0.15, 0.2) is 24.3 Å². The fourth-order valence-corrected chi connectivity index (χ4v) is 2.71. The van der Waals surface area contributed by atoms with Gasteiger partial charge in [0.2, 0.25) is 11.7 Å². The highest BCUT2D eigenvalue weighted by Gasteiger charge is 2.23. The third kappa shape index (κ3) is 3.73. The summed E-state index contributed by atoms with van der Waals surface area (Å²) in [6, 6.07) is 7.87. The highest BCUT2D eigenvalue weighted by atomic mass is 16.3. The van der Waals surface area contributed by atoms with E-state index in [-0.39, 0.29) is 19.1 Å². The first-order valence-corrected chi connectivity index (χ1v) is 7.89. The fourth-order valence-electron chi connectivity index (χ4n) is 2.71. The molecule has 0 radical (unpaired) electrons. The van der Waals surface area contributed by atoms with Crippen molar-refractivity contribution >= 4 is 5.91 Å². The number of aromatic nitrogens is 4. The zero-order valence-electron chi connectivity index (χ0n) is 13.2. The van der Waals surface area contributed by atoms with Gasteiger partial charge in [-0.15, -0.1) is 10.2 Å². The second-order valence-electron chi connectivity index (χ2n) is 6.02. The predicted molar refractivity (Wildman–Crippen MR) is 84.4 cm³/mol. The molecule has 0 bridgehead atoms. The molecule has 1 amide bonds. The minimum absolute atomic E-state index is 0.00533. The standard InChI is InChI=1S/C16H21N5O2/c1-12-2-4-14(5-3-12)16-17-19-21(18-16)10-15(23)20-8-6-13(11-22)7-9-20/h2-5,13,22H,6-11H2,1H3. The molecule has 122 valence electrons. The average Bonchev–Trinajstić information content (AvgIpc) is 3.04. The van der Waals surface area contributed by atoms with Crippen LogP contribution < -0.4 is 0 Å². The van der Waals surface area contributed by atoms with Crippen LogP contribution in [-0.2, 0) is 11.3 Å². The quantitative estimate of drug-likeness (QED) is 0.905. The second-order valence-corrected chi connectivity index (χ2v) is 6.02. The maximum atomic E-state index is 12.3. The number of aryl methyl sites for hydroxylation is 1. The number of aliphatic hydroxyl groups excluding tert-OH is 1. The lowest BCUT2D eigenvalue weighted by molar-refractivity contribution is -0.133. The van der Waals surface area contributed by atoms with Crippen molar-refractivity contribution in [1.29, 1.82) is 0 Å². The topological polar surface area (TPSA) is 84.1 Å². The zero-order valence-corrected chi connectivity index (χ0v) is 13.2. The van der Waals surface area contributed by atoms with E-state index in [9.17, 15) is 4.79 Å². The van der Waals surface area contributed by atoms with E-state index < -0.39 is 0 Å². The lowest BCUT2D eigenvalue weighted by Gasteiger charge is -2.30. The van der Waals surface area contributed by atoms with Gasteiger partial charge in [-0.05, 0) is 30.9 Å². The molecule has 1 aromatic heterocycles. The molecule has 7 nitrogen and oxygen atoms in total. The number of benzene rings is 1. The van der Waals surface area contributed by atoms with Crippen molar-refractivity contribution < 1.29 is 9.90 Å². The van der Waals surface area contributed by atoms with E-state index in [1.54, 1.807) is 4.90 Å². The van der Waals surface area contributed by atoms with Crippen LogP contribution in [0.5, 0.6) is 0 Å². The van der Waals surface area contributed by atoms with Gasteiger partial charge in [-0.2, -0.15) is 4.80 Å². The van der Waals surface area contributed by atoms with Gasteiger partial charge in [0.1, 0.15) is 6.54 Å². The second kappa shape index (κ2) is 6.87. The summed E-state index contributed by atoms with van der Waals surface area (Å²) in [4.78, 5) is 15.4. The Bertz CT molecular complexity index is 659. The number of aliphatic hydroxyl groups is 1. The average molecular weight is 315 g/mol. The Morgan fingerprint density at radius 3 is 2.61 bits per heavy atom. The molecule has 2 aromatic rings. The summed E-state index contributed by atoms with van der Waals surface area (Å²) in [5.74, 6) is 0.836. The molecule has 1 aliphatic heterocycles. The summed E-state index contributed by atoms with van der Waals surface area (Å²) in [7, 11) is 0. The zero-order chi connectivity index (χ0) is 16.2. The van der Waals surface area contributed by atoms with Crippen molar-refractivity contribution in [2.45, 2.75) is 26.3 Å².